The van der Waals surface area contributed by atoms with Gasteiger partial charge in [-0.2, -0.15) is 0 Å². The van der Waals surface area contributed by atoms with Crippen molar-refractivity contribution < 1.29 is 14.4 Å². The molecule has 4 heteroatoms. The highest BCUT2D eigenvalue weighted by molar-refractivity contribution is 6.62. The molecule has 1 unspecified atom stereocenters. The van der Waals surface area contributed by atoms with Crippen molar-refractivity contribution in [2.75, 3.05) is 0 Å². The third-order valence-corrected chi connectivity index (χ3v) is 5.40. The summed E-state index contributed by atoms with van der Waals surface area (Å²) in [4.78, 5) is 0. The fraction of sp³-hybridized carbons (Fsp3) is 0.429. The number of rotatable bonds is 5. The normalized spacial score (nSPS) is 19.8. The smallest absolute Gasteiger partial charge is 0.399 e. The lowest BCUT2D eigenvalue weighted by Crippen LogP contribution is -2.41. The molecule has 0 aromatic heterocycles. The lowest BCUT2D eigenvalue weighted by molar-refractivity contribution is 0.00578. The van der Waals surface area contributed by atoms with Crippen molar-refractivity contribution in [1.82, 2.24) is 0 Å². The predicted molar refractivity (Wildman–Crippen MR) is 102 cm³/mol. The molecule has 1 aliphatic heterocycles. The van der Waals surface area contributed by atoms with E-state index in [1.54, 1.807) is 0 Å². The molecule has 1 fully saturated rings. The van der Waals surface area contributed by atoms with Gasteiger partial charge in [0.15, 0.2) is 0 Å². The van der Waals surface area contributed by atoms with E-state index in [-0.39, 0.29) is 18.3 Å². The number of benzene rings is 2. The van der Waals surface area contributed by atoms with Crippen LogP contribution in [0.3, 0.4) is 0 Å². The summed E-state index contributed by atoms with van der Waals surface area (Å²) in [6, 6.07) is 18.2. The summed E-state index contributed by atoms with van der Waals surface area (Å²) in [6.45, 7) is 8.20. The predicted octanol–water partition coefficient (Wildman–Crippen LogP) is 3.65. The monoisotopic (exact) mass is 338 g/mol. The van der Waals surface area contributed by atoms with Crippen LogP contribution in [0.2, 0.25) is 0 Å². The Morgan fingerprint density at radius 3 is 2.00 bits per heavy atom. The average Bonchev–Trinajstić information content (AvgIpc) is 2.81. The van der Waals surface area contributed by atoms with Crippen LogP contribution in [-0.2, 0) is 15.7 Å². The van der Waals surface area contributed by atoms with E-state index in [4.69, 9.17) is 9.31 Å². The first-order chi connectivity index (χ1) is 11.8. The molecule has 1 heterocycles. The Morgan fingerprint density at radius 2 is 1.44 bits per heavy atom. The van der Waals surface area contributed by atoms with Gasteiger partial charge in [-0.25, -0.2) is 0 Å². The Morgan fingerprint density at radius 1 is 0.880 bits per heavy atom. The van der Waals surface area contributed by atoms with Crippen LogP contribution in [0.5, 0.6) is 0 Å². The van der Waals surface area contributed by atoms with Gasteiger partial charge in [0.05, 0.1) is 17.3 Å². The fourth-order valence-corrected chi connectivity index (χ4v) is 2.97. The molecule has 1 aliphatic rings. The van der Waals surface area contributed by atoms with E-state index in [0.717, 1.165) is 17.4 Å². The first-order valence-corrected chi connectivity index (χ1v) is 8.96. The summed E-state index contributed by atoms with van der Waals surface area (Å²) in [5.41, 5.74) is 2.47. The van der Waals surface area contributed by atoms with Crippen LogP contribution in [-0.4, -0.2) is 23.4 Å². The molecule has 132 valence electrons. The molecule has 1 saturated heterocycles. The zero-order valence-electron chi connectivity index (χ0n) is 15.5. The van der Waals surface area contributed by atoms with Gasteiger partial charge in [0, 0.05) is 0 Å². The number of hydrogen-bond acceptors (Lipinski definition) is 3. The van der Waals surface area contributed by atoms with Crippen molar-refractivity contribution in [3.8, 4) is 0 Å². The zero-order valence-corrected chi connectivity index (χ0v) is 15.5. The van der Waals surface area contributed by atoms with Crippen LogP contribution in [0, 0.1) is 0 Å². The summed E-state index contributed by atoms with van der Waals surface area (Å²) in [7, 11) is -0.361. The lowest BCUT2D eigenvalue weighted by Gasteiger charge is -2.32. The minimum Gasteiger partial charge on any atom is -0.399 e. The van der Waals surface area contributed by atoms with E-state index in [2.05, 4.69) is 39.8 Å². The summed E-state index contributed by atoms with van der Waals surface area (Å²) >= 11 is 0. The molecular formula is C21H27BO3. The van der Waals surface area contributed by atoms with Gasteiger partial charge in [-0.15, -0.1) is 0 Å². The molecule has 25 heavy (non-hydrogen) atoms. The average molecular weight is 338 g/mol. The second-order valence-electron chi connectivity index (χ2n) is 7.79. The van der Waals surface area contributed by atoms with Crippen LogP contribution in [0.15, 0.2) is 54.6 Å². The standard InChI is InChI=1S/C21H27BO3/c1-20(2)21(3,4)25-22(24-20)18-13-11-17(12-14-18)19(23)15-10-16-8-6-5-7-9-16/h5-9,11-14,19,23H,10,15H2,1-4H3. The highest BCUT2D eigenvalue weighted by Gasteiger charge is 2.51. The molecule has 3 nitrogen and oxygen atoms in total. The van der Waals surface area contributed by atoms with Crippen LogP contribution in [0.4, 0.5) is 0 Å². The van der Waals surface area contributed by atoms with E-state index in [0.29, 0.717) is 6.42 Å². The minimum absolute atomic E-state index is 0.342. The number of aryl methyl sites for hydroxylation is 1. The van der Waals surface area contributed by atoms with Gasteiger partial charge in [0.2, 0.25) is 0 Å². The van der Waals surface area contributed by atoms with Crippen molar-refractivity contribution in [3.05, 3.63) is 65.7 Å². The molecule has 2 aromatic rings. The summed E-state index contributed by atoms with van der Waals surface area (Å²) in [5.74, 6) is 0. The molecule has 0 saturated carbocycles. The minimum atomic E-state index is -0.465. The Labute approximate surface area is 151 Å². The van der Waals surface area contributed by atoms with E-state index in [9.17, 15) is 5.11 Å². The van der Waals surface area contributed by atoms with Crippen molar-refractivity contribution in [2.45, 2.75) is 57.8 Å². The van der Waals surface area contributed by atoms with Crippen molar-refractivity contribution in [1.29, 1.82) is 0 Å². The van der Waals surface area contributed by atoms with Gasteiger partial charge in [0.25, 0.3) is 0 Å². The summed E-state index contributed by atoms with van der Waals surface area (Å²) in [6.07, 6.45) is 1.11. The van der Waals surface area contributed by atoms with Gasteiger partial charge >= 0.3 is 7.12 Å². The SMILES string of the molecule is CC1(C)OB(c2ccc(C(O)CCc3ccccc3)cc2)OC1(C)C. The number of aliphatic hydroxyl groups excluding tert-OH is 1. The largest absolute Gasteiger partial charge is 0.494 e. The quantitative estimate of drug-likeness (QED) is 0.846. The molecule has 0 amide bonds. The highest BCUT2D eigenvalue weighted by Crippen LogP contribution is 2.36. The molecule has 1 atom stereocenters. The lowest BCUT2D eigenvalue weighted by atomic mass is 9.78. The maximum atomic E-state index is 10.4. The van der Waals surface area contributed by atoms with E-state index >= 15 is 0 Å². The Kier molecular flexibility index (Phi) is 5.05. The second kappa shape index (κ2) is 6.95. The van der Waals surface area contributed by atoms with Crippen LogP contribution < -0.4 is 5.46 Å². The van der Waals surface area contributed by atoms with Crippen molar-refractivity contribution in [3.63, 3.8) is 0 Å². The summed E-state index contributed by atoms with van der Waals surface area (Å²) < 4.78 is 12.1. The Hall–Kier alpha value is -1.62. The van der Waals surface area contributed by atoms with Gasteiger partial charge in [-0.05, 0) is 57.1 Å². The third kappa shape index (κ3) is 3.97. The van der Waals surface area contributed by atoms with E-state index in [1.807, 2.05) is 42.5 Å². The van der Waals surface area contributed by atoms with Crippen molar-refractivity contribution >= 4 is 12.6 Å². The van der Waals surface area contributed by atoms with Gasteiger partial charge in [0.1, 0.15) is 0 Å². The topological polar surface area (TPSA) is 38.7 Å². The highest BCUT2D eigenvalue weighted by atomic mass is 16.7. The Balaban J connectivity index is 1.62. The first-order valence-electron chi connectivity index (χ1n) is 8.96. The third-order valence-electron chi connectivity index (χ3n) is 5.40. The van der Waals surface area contributed by atoms with Crippen molar-refractivity contribution in [2.24, 2.45) is 0 Å². The second-order valence-corrected chi connectivity index (χ2v) is 7.79. The number of hydrogen-bond donors (Lipinski definition) is 1. The molecule has 0 radical (unpaired) electrons. The van der Waals surface area contributed by atoms with Gasteiger partial charge in [-0.3, -0.25) is 0 Å². The number of aliphatic hydroxyl groups is 1. The zero-order chi connectivity index (χ0) is 18.1. The van der Waals surface area contributed by atoms with Crippen LogP contribution >= 0.6 is 0 Å². The fourth-order valence-electron chi connectivity index (χ4n) is 2.97. The molecule has 3 rings (SSSR count). The maximum absolute atomic E-state index is 10.4. The molecule has 0 bridgehead atoms. The molecule has 1 N–H and O–H groups in total. The van der Waals surface area contributed by atoms with Crippen LogP contribution in [0.25, 0.3) is 0 Å². The van der Waals surface area contributed by atoms with Gasteiger partial charge in [-0.1, -0.05) is 54.6 Å². The first kappa shape index (κ1) is 18.2. The van der Waals surface area contributed by atoms with E-state index in [1.165, 1.54) is 5.56 Å². The molecule has 0 spiro atoms. The van der Waals surface area contributed by atoms with Gasteiger partial charge < -0.3 is 14.4 Å². The molecule has 0 aliphatic carbocycles. The summed E-state index contributed by atoms with van der Waals surface area (Å²) in [5, 5.41) is 10.4. The molecular weight excluding hydrogens is 311 g/mol. The Bertz CT molecular complexity index is 679. The van der Waals surface area contributed by atoms with E-state index < -0.39 is 6.10 Å². The van der Waals surface area contributed by atoms with Crippen LogP contribution in [0.1, 0.15) is 51.3 Å². The maximum Gasteiger partial charge on any atom is 0.494 e. The molecule has 2 aromatic carbocycles.